The third-order valence-electron chi connectivity index (χ3n) is 4.46. The van der Waals surface area contributed by atoms with Gasteiger partial charge < -0.3 is 10.0 Å². The van der Waals surface area contributed by atoms with Gasteiger partial charge in [0.2, 0.25) is 0 Å². The first-order valence-electron chi connectivity index (χ1n) is 7.85. The molecule has 1 fully saturated rings. The quantitative estimate of drug-likeness (QED) is 0.891. The van der Waals surface area contributed by atoms with E-state index in [1.807, 2.05) is 36.4 Å². The molecule has 25 heavy (non-hydrogen) atoms. The molecule has 7 heteroatoms. The predicted octanol–water partition coefficient (Wildman–Crippen LogP) is 3.44. The van der Waals surface area contributed by atoms with Crippen LogP contribution in [0.25, 0.3) is 6.08 Å². The number of urea groups is 1. The molecule has 128 valence electrons. The maximum Gasteiger partial charge on any atom is 0.345 e. The Morgan fingerprint density at radius 1 is 1.40 bits per heavy atom. The number of hydroxylamine groups is 2. The Hall–Kier alpha value is -2.64. The second-order valence-corrected chi connectivity index (χ2v) is 7.06. The van der Waals surface area contributed by atoms with E-state index >= 15 is 0 Å². The van der Waals surface area contributed by atoms with E-state index < -0.39 is 18.0 Å². The number of nitrogens with zero attached hydrogens (tertiary/aromatic N) is 2. The minimum absolute atomic E-state index is 0.252. The van der Waals surface area contributed by atoms with E-state index in [-0.39, 0.29) is 12.6 Å². The van der Waals surface area contributed by atoms with E-state index in [2.05, 4.69) is 6.58 Å². The van der Waals surface area contributed by atoms with Crippen LogP contribution in [0.1, 0.15) is 33.0 Å². The normalized spacial score (nSPS) is 21.4. The number of carboxylic acids is 1. The number of thiophene rings is 1. The molecule has 2 aliphatic heterocycles. The summed E-state index contributed by atoms with van der Waals surface area (Å²) in [6, 6.07) is 9.78. The number of carbonyl (C=O) groups is 2. The molecule has 0 aliphatic carbocycles. The molecule has 6 nitrogen and oxygen atoms in total. The van der Waals surface area contributed by atoms with Gasteiger partial charge in [-0.25, -0.2) is 9.59 Å². The average Bonchev–Trinajstić information content (AvgIpc) is 3.16. The van der Waals surface area contributed by atoms with Gasteiger partial charge in [0.05, 0.1) is 6.54 Å². The summed E-state index contributed by atoms with van der Waals surface area (Å²) in [5.74, 6) is -1.03. The molecular weight excluding hydrogens is 340 g/mol. The fourth-order valence-electron chi connectivity index (χ4n) is 3.30. The summed E-state index contributed by atoms with van der Waals surface area (Å²) in [4.78, 5) is 33.2. The Morgan fingerprint density at radius 2 is 2.16 bits per heavy atom. The summed E-state index contributed by atoms with van der Waals surface area (Å²) in [6.07, 6.45) is 1.70. The van der Waals surface area contributed by atoms with Crippen molar-refractivity contribution in [3.8, 4) is 0 Å². The minimum Gasteiger partial charge on any atom is -0.479 e. The Morgan fingerprint density at radius 3 is 2.84 bits per heavy atom. The fourth-order valence-corrected chi connectivity index (χ4v) is 4.48. The van der Waals surface area contributed by atoms with Gasteiger partial charge in [-0.05, 0) is 17.2 Å². The number of carbonyl (C=O) groups excluding carboxylic acids is 1. The molecule has 1 aromatic heterocycles. The molecule has 2 aromatic rings. The summed E-state index contributed by atoms with van der Waals surface area (Å²) >= 11 is 1.36. The van der Waals surface area contributed by atoms with Crippen molar-refractivity contribution < 1.29 is 19.5 Å². The fraction of sp³-hybridized carbons (Fsp3) is 0.222. The van der Waals surface area contributed by atoms with Crippen LogP contribution in [0.4, 0.5) is 4.79 Å². The summed E-state index contributed by atoms with van der Waals surface area (Å²) in [7, 11) is 0. The van der Waals surface area contributed by atoms with Crippen molar-refractivity contribution in [3.05, 3.63) is 63.9 Å². The Labute approximate surface area is 148 Å². The van der Waals surface area contributed by atoms with Crippen molar-refractivity contribution in [2.45, 2.75) is 18.7 Å². The third-order valence-corrected chi connectivity index (χ3v) is 5.66. The molecule has 2 atom stereocenters. The molecule has 0 spiro atoms. The van der Waals surface area contributed by atoms with Crippen LogP contribution in [0, 0.1) is 0 Å². The Kier molecular flexibility index (Phi) is 3.82. The highest BCUT2D eigenvalue weighted by atomic mass is 32.1. The molecule has 2 bridgehead atoms. The van der Waals surface area contributed by atoms with Crippen LogP contribution in [0.3, 0.4) is 0 Å². The summed E-state index contributed by atoms with van der Waals surface area (Å²) in [5.41, 5.74) is 1.78. The maximum absolute atomic E-state index is 12.7. The van der Waals surface area contributed by atoms with Gasteiger partial charge in [-0.2, -0.15) is 5.06 Å². The maximum atomic E-state index is 12.7. The SMILES string of the molecule is C=Cc1cc2c(s1)[C@@H](C(=O)O)N1C[C@@H]2N(OCc2ccccc2)C1=O. The second kappa shape index (κ2) is 6.02. The number of fused-ring (bicyclic) bond motifs is 4. The van der Waals surface area contributed by atoms with Crippen molar-refractivity contribution in [2.24, 2.45) is 0 Å². The summed E-state index contributed by atoms with van der Waals surface area (Å²) in [6.45, 7) is 4.32. The van der Waals surface area contributed by atoms with Crippen LogP contribution >= 0.6 is 11.3 Å². The molecule has 1 saturated heterocycles. The lowest BCUT2D eigenvalue weighted by molar-refractivity contribution is -0.143. The molecule has 3 heterocycles. The van der Waals surface area contributed by atoms with Gasteiger partial charge in [-0.3, -0.25) is 4.84 Å². The monoisotopic (exact) mass is 356 g/mol. The van der Waals surface area contributed by atoms with Crippen LogP contribution in [-0.2, 0) is 16.2 Å². The van der Waals surface area contributed by atoms with E-state index in [0.29, 0.717) is 11.4 Å². The standard InChI is InChI=1S/C18H16N2O4S/c1-2-12-8-13-14-9-19(15(17(21)22)16(13)25-12)18(23)20(14)24-10-11-6-4-3-5-7-11/h2-8,14-15H,1,9-10H2,(H,21,22)/t14-,15-/m0/s1. The van der Waals surface area contributed by atoms with E-state index in [1.54, 1.807) is 6.08 Å². The van der Waals surface area contributed by atoms with Crippen molar-refractivity contribution in [1.82, 2.24) is 9.96 Å². The third kappa shape index (κ3) is 2.52. The number of benzene rings is 1. The van der Waals surface area contributed by atoms with E-state index in [9.17, 15) is 14.7 Å². The molecule has 0 radical (unpaired) electrons. The highest BCUT2D eigenvalue weighted by Gasteiger charge is 2.52. The summed E-state index contributed by atoms with van der Waals surface area (Å²) < 4.78 is 0. The minimum atomic E-state index is -1.03. The molecule has 4 rings (SSSR count). The van der Waals surface area contributed by atoms with Gasteiger partial charge in [-0.15, -0.1) is 11.3 Å². The lowest BCUT2D eigenvalue weighted by Gasteiger charge is -2.27. The molecule has 1 N–H and O–H groups in total. The van der Waals surface area contributed by atoms with Gasteiger partial charge in [0.25, 0.3) is 0 Å². The average molecular weight is 356 g/mol. The number of amides is 2. The number of hydrogen-bond acceptors (Lipinski definition) is 4. The number of aliphatic carboxylic acids is 1. The largest absolute Gasteiger partial charge is 0.479 e. The first kappa shape index (κ1) is 15.9. The van der Waals surface area contributed by atoms with Gasteiger partial charge >= 0.3 is 12.0 Å². The second-order valence-electron chi connectivity index (χ2n) is 5.95. The van der Waals surface area contributed by atoms with E-state index in [4.69, 9.17) is 4.84 Å². The predicted molar refractivity (Wildman–Crippen MR) is 92.7 cm³/mol. The first-order valence-corrected chi connectivity index (χ1v) is 8.67. The van der Waals surface area contributed by atoms with Crippen LogP contribution in [0.15, 0.2) is 43.0 Å². The lowest BCUT2D eigenvalue weighted by atomic mass is 9.99. The van der Waals surface area contributed by atoms with Crippen LogP contribution in [0.5, 0.6) is 0 Å². The zero-order valence-electron chi connectivity index (χ0n) is 13.3. The van der Waals surface area contributed by atoms with Crippen molar-refractivity contribution in [2.75, 3.05) is 6.54 Å². The lowest BCUT2D eigenvalue weighted by Crippen LogP contribution is -2.37. The van der Waals surface area contributed by atoms with E-state index in [1.165, 1.54) is 21.3 Å². The van der Waals surface area contributed by atoms with Crippen molar-refractivity contribution >= 4 is 29.4 Å². The van der Waals surface area contributed by atoms with E-state index in [0.717, 1.165) is 16.0 Å². The zero-order chi connectivity index (χ0) is 17.6. The van der Waals surface area contributed by atoms with Crippen LogP contribution < -0.4 is 0 Å². The van der Waals surface area contributed by atoms with Gasteiger partial charge in [-0.1, -0.05) is 43.0 Å². The molecule has 1 aromatic carbocycles. The van der Waals surface area contributed by atoms with Gasteiger partial charge in [0, 0.05) is 9.75 Å². The number of hydrogen-bond donors (Lipinski definition) is 1. The number of carboxylic acid groups (broad SMARTS) is 1. The Bertz CT molecular complexity index is 848. The van der Waals surface area contributed by atoms with Crippen molar-refractivity contribution in [1.29, 1.82) is 0 Å². The molecule has 0 saturated carbocycles. The highest BCUT2D eigenvalue weighted by Crippen LogP contribution is 2.47. The molecule has 0 unspecified atom stereocenters. The molecule has 2 amide bonds. The highest BCUT2D eigenvalue weighted by molar-refractivity contribution is 7.13. The molecule has 2 aliphatic rings. The zero-order valence-corrected chi connectivity index (χ0v) is 14.1. The molecular formula is C18H16N2O4S. The number of rotatable bonds is 5. The Balaban J connectivity index is 1.66. The van der Waals surface area contributed by atoms with Gasteiger partial charge in [0.15, 0.2) is 6.04 Å². The van der Waals surface area contributed by atoms with Crippen LogP contribution in [0.2, 0.25) is 0 Å². The smallest absolute Gasteiger partial charge is 0.345 e. The van der Waals surface area contributed by atoms with Gasteiger partial charge in [0.1, 0.15) is 12.6 Å². The van der Waals surface area contributed by atoms with Crippen LogP contribution in [-0.4, -0.2) is 33.6 Å². The topological polar surface area (TPSA) is 70.1 Å². The van der Waals surface area contributed by atoms with Crippen molar-refractivity contribution in [3.63, 3.8) is 0 Å². The summed E-state index contributed by atoms with van der Waals surface area (Å²) in [5, 5.41) is 10.9. The first-order chi connectivity index (χ1) is 12.1.